The summed E-state index contributed by atoms with van der Waals surface area (Å²) >= 11 is 0. The van der Waals surface area contributed by atoms with Crippen LogP contribution in [0.2, 0.25) is 0 Å². The van der Waals surface area contributed by atoms with Crippen LogP contribution in [-0.2, 0) is 0 Å². The van der Waals surface area contributed by atoms with Crippen LogP contribution in [0.15, 0.2) is 12.5 Å². The van der Waals surface area contributed by atoms with Crippen molar-refractivity contribution in [3.63, 3.8) is 0 Å². The van der Waals surface area contributed by atoms with Crippen molar-refractivity contribution in [1.82, 2.24) is 29.7 Å². The number of hydrogen-bond acceptors (Lipinski definition) is 6. The Morgan fingerprint density at radius 2 is 2.17 bits per heavy atom. The molecule has 0 spiro atoms. The first kappa shape index (κ1) is 10.7. The van der Waals surface area contributed by atoms with Crippen LogP contribution in [-0.4, -0.2) is 29.7 Å². The second-order valence-electron chi connectivity index (χ2n) is 3.93. The van der Waals surface area contributed by atoms with Gasteiger partial charge >= 0.3 is 0 Å². The summed E-state index contributed by atoms with van der Waals surface area (Å²) in [7, 11) is 0. The average molecular weight is 244 g/mol. The smallest absolute Gasteiger partial charge is 0.241 e. The van der Waals surface area contributed by atoms with Gasteiger partial charge in [0.25, 0.3) is 0 Å². The Kier molecular flexibility index (Phi) is 2.23. The van der Waals surface area contributed by atoms with E-state index in [2.05, 4.69) is 30.6 Å². The molecule has 3 aromatic rings. The second kappa shape index (κ2) is 3.77. The lowest BCUT2D eigenvalue weighted by Crippen LogP contribution is -2.12. The van der Waals surface area contributed by atoms with Crippen molar-refractivity contribution >= 4 is 17.0 Å². The van der Waals surface area contributed by atoms with E-state index in [1.165, 1.54) is 0 Å². The normalized spacial score (nSPS) is 11.1. The van der Waals surface area contributed by atoms with Crippen LogP contribution < -0.4 is 11.3 Å². The summed E-state index contributed by atoms with van der Waals surface area (Å²) in [5.74, 6) is 6.39. The van der Waals surface area contributed by atoms with Gasteiger partial charge in [-0.1, -0.05) is 0 Å². The van der Waals surface area contributed by atoms with Gasteiger partial charge in [-0.3, -0.25) is 15.1 Å². The molecule has 92 valence electrons. The summed E-state index contributed by atoms with van der Waals surface area (Å²) < 4.78 is 1.88. The predicted molar refractivity (Wildman–Crippen MR) is 66.1 cm³/mol. The van der Waals surface area contributed by atoms with Crippen LogP contribution in [0.4, 0.5) is 5.95 Å². The Bertz CT molecular complexity index is 710. The minimum absolute atomic E-state index is 0.326. The summed E-state index contributed by atoms with van der Waals surface area (Å²) in [6.07, 6.45) is 3.40. The number of anilines is 1. The van der Waals surface area contributed by atoms with E-state index >= 15 is 0 Å². The number of nitrogens with one attached hydrogen (secondary N) is 2. The van der Waals surface area contributed by atoms with Crippen molar-refractivity contribution in [2.24, 2.45) is 5.84 Å². The largest absolute Gasteiger partial charge is 0.292 e. The van der Waals surface area contributed by atoms with Gasteiger partial charge < -0.3 is 0 Å². The highest BCUT2D eigenvalue weighted by Gasteiger charge is 2.13. The molecule has 0 aliphatic heterocycles. The first-order valence-corrected chi connectivity index (χ1v) is 5.39. The number of fused-ring (bicyclic) bond motifs is 1. The number of aromatic amines is 1. The standard InChI is InChI=1S/C10H12N8/c1-5-6(2)18(4-12-5)9-7-3-13-17-8(7)14-10(15-9)16-11/h3-4H,11H2,1-2H3,(H2,13,14,15,16,17). The van der Waals surface area contributed by atoms with Gasteiger partial charge in [-0.2, -0.15) is 15.1 Å². The first-order valence-electron chi connectivity index (χ1n) is 5.39. The summed E-state index contributed by atoms with van der Waals surface area (Å²) in [5.41, 5.74) is 5.03. The summed E-state index contributed by atoms with van der Waals surface area (Å²) in [6, 6.07) is 0. The number of H-pyrrole nitrogens is 1. The molecule has 0 aliphatic rings. The van der Waals surface area contributed by atoms with E-state index in [4.69, 9.17) is 5.84 Å². The van der Waals surface area contributed by atoms with Gasteiger partial charge in [-0.25, -0.2) is 10.8 Å². The molecule has 0 bridgehead atoms. The molecule has 0 radical (unpaired) electrons. The minimum Gasteiger partial charge on any atom is -0.292 e. The van der Waals surface area contributed by atoms with Gasteiger partial charge in [-0.15, -0.1) is 0 Å². The van der Waals surface area contributed by atoms with Crippen molar-refractivity contribution in [3.8, 4) is 5.82 Å². The predicted octanol–water partition coefficient (Wildman–Crippen LogP) is 0.441. The Morgan fingerprint density at radius 1 is 1.33 bits per heavy atom. The maximum atomic E-state index is 5.37. The van der Waals surface area contributed by atoms with Crippen LogP contribution in [0.5, 0.6) is 0 Å². The number of rotatable bonds is 2. The lowest BCUT2D eigenvalue weighted by Gasteiger charge is -2.07. The zero-order valence-electron chi connectivity index (χ0n) is 9.97. The third kappa shape index (κ3) is 1.43. The Hall–Kier alpha value is -2.48. The topological polar surface area (TPSA) is 110 Å². The van der Waals surface area contributed by atoms with Crippen LogP contribution in [0.25, 0.3) is 16.9 Å². The molecule has 0 fully saturated rings. The first-order chi connectivity index (χ1) is 8.70. The molecule has 0 unspecified atom stereocenters. The zero-order valence-corrected chi connectivity index (χ0v) is 9.97. The van der Waals surface area contributed by atoms with Crippen LogP contribution >= 0.6 is 0 Å². The monoisotopic (exact) mass is 244 g/mol. The van der Waals surface area contributed by atoms with Crippen molar-refractivity contribution in [3.05, 3.63) is 23.9 Å². The van der Waals surface area contributed by atoms with E-state index in [0.29, 0.717) is 17.4 Å². The fraction of sp³-hybridized carbons (Fsp3) is 0.200. The van der Waals surface area contributed by atoms with E-state index in [0.717, 1.165) is 16.8 Å². The molecule has 0 aromatic carbocycles. The Balaban J connectivity index is 2.33. The van der Waals surface area contributed by atoms with E-state index in [1.807, 2.05) is 18.4 Å². The van der Waals surface area contributed by atoms with Gasteiger partial charge in [0.15, 0.2) is 11.5 Å². The van der Waals surface area contributed by atoms with Crippen molar-refractivity contribution in [1.29, 1.82) is 0 Å². The van der Waals surface area contributed by atoms with E-state index in [-0.39, 0.29) is 0 Å². The number of hydrazine groups is 1. The summed E-state index contributed by atoms with van der Waals surface area (Å²) in [6.45, 7) is 3.92. The molecular formula is C10H12N8. The molecule has 3 rings (SSSR count). The molecule has 0 atom stereocenters. The second-order valence-corrected chi connectivity index (χ2v) is 3.93. The van der Waals surface area contributed by atoms with Gasteiger partial charge in [0.2, 0.25) is 5.95 Å². The fourth-order valence-electron chi connectivity index (χ4n) is 1.78. The minimum atomic E-state index is 0.326. The molecule has 0 saturated carbocycles. The molecule has 3 heterocycles. The zero-order chi connectivity index (χ0) is 12.7. The third-order valence-electron chi connectivity index (χ3n) is 2.90. The number of imidazole rings is 1. The number of nitrogens with zero attached hydrogens (tertiary/aromatic N) is 5. The van der Waals surface area contributed by atoms with Gasteiger partial charge in [0.1, 0.15) is 6.33 Å². The van der Waals surface area contributed by atoms with Crippen LogP contribution in [0, 0.1) is 13.8 Å². The highest BCUT2D eigenvalue weighted by Crippen LogP contribution is 2.21. The highest BCUT2D eigenvalue weighted by atomic mass is 15.3. The molecule has 0 saturated heterocycles. The molecular weight excluding hydrogens is 232 g/mol. The molecule has 4 N–H and O–H groups in total. The number of aromatic nitrogens is 6. The van der Waals surface area contributed by atoms with Gasteiger partial charge in [-0.05, 0) is 13.8 Å². The Morgan fingerprint density at radius 3 is 2.83 bits per heavy atom. The summed E-state index contributed by atoms with van der Waals surface area (Å²) in [4.78, 5) is 12.8. The highest BCUT2D eigenvalue weighted by molar-refractivity contribution is 5.82. The molecule has 0 amide bonds. The number of aryl methyl sites for hydroxylation is 1. The van der Waals surface area contributed by atoms with Gasteiger partial charge in [0.05, 0.1) is 17.3 Å². The van der Waals surface area contributed by atoms with Gasteiger partial charge in [0, 0.05) is 5.69 Å². The summed E-state index contributed by atoms with van der Waals surface area (Å²) in [5, 5.41) is 7.58. The molecule has 8 nitrogen and oxygen atoms in total. The van der Waals surface area contributed by atoms with Crippen molar-refractivity contribution < 1.29 is 0 Å². The lowest BCUT2D eigenvalue weighted by molar-refractivity contribution is 0.950. The average Bonchev–Trinajstić information content (AvgIpc) is 2.97. The lowest BCUT2D eigenvalue weighted by atomic mass is 10.3. The fourth-order valence-corrected chi connectivity index (χ4v) is 1.78. The molecule has 8 heteroatoms. The van der Waals surface area contributed by atoms with Crippen molar-refractivity contribution in [2.45, 2.75) is 13.8 Å². The Labute approximate surface area is 102 Å². The maximum absolute atomic E-state index is 5.37. The number of nitrogen functional groups attached to an aromatic ring is 1. The molecule has 3 aromatic heterocycles. The van der Waals surface area contributed by atoms with E-state index in [1.54, 1.807) is 12.5 Å². The maximum Gasteiger partial charge on any atom is 0.241 e. The van der Waals surface area contributed by atoms with Crippen molar-refractivity contribution in [2.75, 3.05) is 5.43 Å². The van der Waals surface area contributed by atoms with E-state index < -0.39 is 0 Å². The van der Waals surface area contributed by atoms with Crippen LogP contribution in [0.3, 0.4) is 0 Å². The number of nitrogens with two attached hydrogens (primary N) is 1. The van der Waals surface area contributed by atoms with E-state index in [9.17, 15) is 0 Å². The SMILES string of the molecule is Cc1ncn(-c2nc(NN)nc3[nH]ncc23)c1C. The molecule has 18 heavy (non-hydrogen) atoms. The number of hydrogen-bond donors (Lipinski definition) is 3. The molecule has 0 aliphatic carbocycles. The quantitative estimate of drug-likeness (QED) is 0.445. The van der Waals surface area contributed by atoms with Crippen LogP contribution in [0.1, 0.15) is 11.4 Å². The third-order valence-corrected chi connectivity index (χ3v) is 2.90.